The fraction of sp³-hybridized carbons (Fsp3) is 0.111. The van der Waals surface area contributed by atoms with Gasteiger partial charge in [0.1, 0.15) is 17.5 Å². The maximum absolute atomic E-state index is 14.5. The number of hydrogen-bond acceptors (Lipinski definition) is 0. The zero-order valence-electron chi connectivity index (χ0n) is 17.1. The molecule has 0 nitrogen and oxygen atoms in total. The van der Waals surface area contributed by atoms with Crippen LogP contribution in [0.25, 0.3) is 10.8 Å². The van der Waals surface area contributed by atoms with Gasteiger partial charge in [-0.2, -0.15) is 0 Å². The van der Waals surface area contributed by atoms with E-state index in [0.717, 1.165) is 6.07 Å². The molecule has 0 atom stereocenters. The van der Waals surface area contributed by atoms with Gasteiger partial charge in [0.15, 0.2) is 11.6 Å². The van der Waals surface area contributed by atoms with E-state index < -0.39 is 29.1 Å². The quantitative estimate of drug-likeness (QED) is 0.239. The fourth-order valence-corrected chi connectivity index (χ4v) is 3.54. The van der Waals surface area contributed by atoms with Crippen LogP contribution in [-0.4, -0.2) is 0 Å². The Morgan fingerprint density at radius 3 is 2.12 bits per heavy atom. The molecule has 0 fully saturated rings. The number of hydrogen-bond donors (Lipinski definition) is 0. The Bertz CT molecular complexity index is 1370. The number of benzene rings is 4. The van der Waals surface area contributed by atoms with Crippen LogP contribution in [0, 0.1) is 47.9 Å². The van der Waals surface area contributed by atoms with E-state index in [9.17, 15) is 22.0 Å². The van der Waals surface area contributed by atoms with Crippen molar-refractivity contribution >= 4 is 10.8 Å². The molecule has 0 spiro atoms. The predicted molar refractivity (Wildman–Crippen MR) is 115 cm³/mol. The minimum Gasteiger partial charge on any atom is -0.207 e. The molecule has 4 rings (SSSR count). The molecule has 4 aromatic carbocycles. The summed E-state index contributed by atoms with van der Waals surface area (Å²) in [5, 5.41) is 0.634. The lowest BCUT2D eigenvalue weighted by Crippen LogP contribution is -2.00. The Labute approximate surface area is 182 Å². The lowest BCUT2D eigenvalue weighted by molar-refractivity contribution is 0.517. The zero-order chi connectivity index (χ0) is 22.8. The van der Waals surface area contributed by atoms with Crippen molar-refractivity contribution in [3.05, 3.63) is 118 Å². The molecule has 0 amide bonds. The normalized spacial score (nSPS) is 10.8. The van der Waals surface area contributed by atoms with Crippen LogP contribution in [-0.2, 0) is 12.8 Å². The summed E-state index contributed by atoms with van der Waals surface area (Å²) in [6.07, 6.45) is 0.380. The molecule has 0 aromatic heterocycles. The molecule has 0 aliphatic heterocycles. The Balaban J connectivity index is 1.52. The van der Waals surface area contributed by atoms with E-state index in [1.165, 1.54) is 42.5 Å². The Hall–Kier alpha value is -3.65. The summed E-state index contributed by atoms with van der Waals surface area (Å²) >= 11 is 0. The number of halogens is 5. The first-order valence-corrected chi connectivity index (χ1v) is 9.94. The molecule has 0 unspecified atom stereocenters. The second kappa shape index (κ2) is 8.84. The lowest BCUT2D eigenvalue weighted by atomic mass is 10.0. The van der Waals surface area contributed by atoms with Gasteiger partial charge >= 0.3 is 0 Å². The smallest absolute Gasteiger partial charge is 0.166 e. The zero-order valence-corrected chi connectivity index (χ0v) is 17.1. The third-order valence-corrected chi connectivity index (χ3v) is 5.23. The highest BCUT2D eigenvalue weighted by Crippen LogP contribution is 2.22. The van der Waals surface area contributed by atoms with Gasteiger partial charge in [0.2, 0.25) is 0 Å². The minimum absolute atomic E-state index is 0.0208. The second-order valence-electron chi connectivity index (χ2n) is 7.57. The summed E-state index contributed by atoms with van der Waals surface area (Å²) < 4.78 is 69.6. The Morgan fingerprint density at radius 1 is 0.656 bits per heavy atom. The van der Waals surface area contributed by atoms with Gasteiger partial charge in [-0.1, -0.05) is 30.0 Å². The average molecular weight is 436 g/mol. The van der Waals surface area contributed by atoms with Crippen LogP contribution in [0.4, 0.5) is 22.0 Å². The van der Waals surface area contributed by atoms with Gasteiger partial charge < -0.3 is 0 Å². The fourth-order valence-electron chi connectivity index (χ4n) is 3.54. The van der Waals surface area contributed by atoms with Gasteiger partial charge in [-0.05, 0) is 78.7 Å². The molecule has 0 bridgehead atoms. The van der Waals surface area contributed by atoms with Crippen molar-refractivity contribution in [2.45, 2.75) is 19.8 Å². The average Bonchev–Trinajstić information content (AvgIpc) is 2.75. The van der Waals surface area contributed by atoms with Gasteiger partial charge in [-0.3, -0.25) is 0 Å². The molecule has 0 radical (unpaired) electrons. The number of aryl methyl sites for hydroxylation is 2. The van der Waals surface area contributed by atoms with E-state index in [1.807, 2.05) is 0 Å². The third-order valence-electron chi connectivity index (χ3n) is 5.23. The van der Waals surface area contributed by atoms with Gasteiger partial charge in [0.25, 0.3) is 0 Å². The van der Waals surface area contributed by atoms with Crippen molar-refractivity contribution in [1.82, 2.24) is 0 Å². The van der Waals surface area contributed by atoms with Crippen molar-refractivity contribution < 1.29 is 22.0 Å². The monoisotopic (exact) mass is 436 g/mol. The highest BCUT2D eigenvalue weighted by atomic mass is 19.2. The second-order valence-corrected chi connectivity index (χ2v) is 7.57. The van der Waals surface area contributed by atoms with Crippen LogP contribution < -0.4 is 0 Å². The third kappa shape index (κ3) is 4.50. The van der Waals surface area contributed by atoms with E-state index in [1.54, 1.807) is 19.1 Å². The highest BCUT2D eigenvalue weighted by molar-refractivity contribution is 5.84. The molecular weight excluding hydrogens is 419 g/mol. The first-order valence-electron chi connectivity index (χ1n) is 9.94. The molecule has 0 aliphatic rings. The summed E-state index contributed by atoms with van der Waals surface area (Å²) in [5.41, 5.74) is 1.76. The van der Waals surface area contributed by atoms with Crippen LogP contribution in [0.3, 0.4) is 0 Å². The van der Waals surface area contributed by atoms with Gasteiger partial charge in [-0.25, -0.2) is 22.0 Å². The summed E-state index contributed by atoms with van der Waals surface area (Å²) in [7, 11) is 0. The molecule has 0 N–H and O–H groups in total. The van der Waals surface area contributed by atoms with E-state index in [2.05, 4.69) is 11.8 Å². The lowest BCUT2D eigenvalue weighted by Gasteiger charge is -2.07. The molecule has 4 aromatic rings. The summed E-state index contributed by atoms with van der Waals surface area (Å²) in [5.74, 6) is 1.94. The van der Waals surface area contributed by atoms with Gasteiger partial charge in [-0.15, -0.1) is 0 Å². The van der Waals surface area contributed by atoms with Crippen LogP contribution >= 0.6 is 0 Å². The predicted octanol–water partition coefficient (Wildman–Crippen LogP) is 7.03. The standard InChI is InChI=1S/C27H17F5/c1-16-12-25(30)22(26(31)13-16)10-5-18-3-7-19(24(29)15-18)6-2-17-4-9-21-20(14-17)8-11-23(28)27(21)32/h3-4,7-9,11-15H,5,10H2,1H3. The SMILES string of the molecule is Cc1cc(F)c(CCc2ccc(C#Cc3ccc4c(F)c(F)ccc4c3)c(F)c2)c(F)c1. The molecule has 0 aliphatic carbocycles. The van der Waals surface area contributed by atoms with E-state index in [-0.39, 0.29) is 29.4 Å². The molecule has 32 heavy (non-hydrogen) atoms. The van der Waals surface area contributed by atoms with Crippen LogP contribution in [0.15, 0.2) is 60.7 Å². The number of rotatable bonds is 3. The summed E-state index contributed by atoms with van der Waals surface area (Å²) in [6.45, 7) is 1.61. The summed E-state index contributed by atoms with van der Waals surface area (Å²) in [6, 6.07) is 14.1. The number of fused-ring (bicyclic) bond motifs is 1. The maximum atomic E-state index is 14.5. The minimum atomic E-state index is -0.925. The van der Waals surface area contributed by atoms with Crippen molar-refractivity contribution in [3.8, 4) is 11.8 Å². The van der Waals surface area contributed by atoms with Gasteiger partial charge in [0.05, 0.1) is 5.56 Å². The first-order chi connectivity index (χ1) is 15.3. The molecule has 160 valence electrons. The summed E-state index contributed by atoms with van der Waals surface area (Å²) in [4.78, 5) is 0. The van der Waals surface area contributed by atoms with Crippen molar-refractivity contribution in [1.29, 1.82) is 0 Å². The van der Waals surface area contributed by atoms with Gasteiger partial charge in [0, 0.05) is 16.5 Å². The van der Waals surface area contributed by atoms with Crippen LogP contribution in [0.1, 0.15) is 27.8 Å². The molecule has 0 heterocycles. The molecular formula is C27H17F5. The topological polar surface area (TPSA) is 0 Å². The molecule has 0 saturated carbocycles. The maximum Gasteiger partial charge on any atom is 0.166 e. The van der Waals surface area contributed by atoms with Crippen LogP contribution in [0.2, 0.25) is 0 Å². The van der Waals surface area contributed by atoms with E-state index in [4.69, 9.17) is 0 Å². The molecule has 5 heteroatoms. The van der Waals surface area contributed by atoms with Crippen molar-refractivity contribution in [3.63, 3.8) is 0 Å². The highest BCUT2D eigenvalue weighted by Gasteiger charge is 2.11. The first kappa shape index (κ1) is 21.6. The van der Waals surface area contributed by atoms with Crippen LogP contribution in [0.5, 0.6) is 0 Å². The Morgan fingerprint density at radius 2 is 1.41 bits per heavy atom. The van der Waals surface area contributed by atoms with Crippen molar-refractivity contribution in [2.75, 3.05) is 0 Å². The van der Waals surface area contributed by atoms with E-state index >= 15 is 0 Å². The Kier molecular flexibility index (Phi) is 5.96. The van der Waals surface area contributed by atoms with E-state index in [0.29, 0.717) is 22.1 Å². The molecule has 0 saturated heterocycles. The largest absolute Gasteiger partial charge is 0.207 e. The van der Waals surface area contributed by atoms with Crippen molar-refractivity contribution in [2.24, 2.45) is 0 Å².